The van der Waals surface area contributed by atoms with E-state index in [1.165, 1.54) is 7.11 Å². The van der Waals surface area contributed by atoms with Crippen LogP contribution in [0.5, 0.6) is 5.75 Å². The number of methoxy groups -OCH3 is 1. The lowest BCUT2D eigenvalue weighted by Gasteiger charge is -2.09. The molecule has 0 aliphatic carbocycles. The van der Waals surface area contributed by atoms with E-state index in [1.54, 1.807) is 18.2 Å². The molecule has 0 amide bonds. The van der Waals surface area contributed by atoms with Crippen LogP contribution >= 0.6 is 23.2 Å². The van der Waals surface area contributed by atoms with Crippen LogP contribution in [0.25, 0.3) is 0 Å². The van der Waals surface area contributed by atoms with Crippen molar-refractivity contribution < 1.29 is 9.84 Å². The SMILES string of the molecule is COc1cc(C(O)CCl)ccc1Cl. The Balaban J connectivity index is 2.99. The van der Waals surface area contributed by atoms with Crippen LogP contribution in [0.2, 0.25) is 5.02 Å². The maximum absolute atomic E-state index is 9.41. The Hall–Kier alpha value is -0.440. The third-order valence-electron chi connectivity index (χ3n) is 1.71. The monoisotopic (exact) mass is 220 g/mol. The molecular formula is C9H10Cl2O2. The Labute approximate surface area is 87.0 Å². The standard InChI is InChI=1S/C9H10Cl2O2/c1-13-9-4-6(8(12)5-10)2-3-7(9)11/h2-4,8,12H,5H2,1H3. The molecule has 1 atom stereocenters. The van der Waals surface area contributed by atoms with Crippen LogP contribution in [-0.2, 0) is 0 Å². The van der Waals surface area contributed by atoms with Gasteiger partial charge in [-0.05, 0) is 17.7 Å². The minimum absolute atomic E-state index is 0.158. The Bertz CT molecular complexity index is 289. The molecule has 13 heavy (non-hydrogen) atoms. The van der Waals surface area contributed by atoms with Crippen LogP contribution in [0.4, 0.5) is 0 Å². The summed E-state index contributed by atoms with van der Waals surface area (Å²) >= 11 is 11.3. The zero-order chi connectivity index (χ0) is 9.84. The average Bonchev–Trinajstić information content (AvgIpc) is 2.17. The molecule has 0 fully saturated rings. The van der Waals surface area contributed by atoms with Crippen molar-refractivity contribution in [3.63, 3.8) is 0 Å². The van der Waals surface area contributed by atoms with E-state index in [2.05, 4.69) is 0 Å². The second-order valence-corrected chi connectivity index (χ2v) is 3.28. The summed E-state index contributed by atoms with van der Waals surface area (Å²) in [6.07, 6.45) is -0.673. The molecule has 0 saturated heterocycles. The normalized spacial score (nSPS) is 12.6. The van der Waals surface area contributed by atoms with Crippen LogP contribution < -0.4 is 4.74 Å². The maximum Gasteiger partial charge on any atom is 0.137 e. The second-order valence-electron chi connectivity index (χ2n) is 2.56. The first-order valence-electron chi connectivity index (χ1n) is 3.76. The third kappa shape index (κ3) is 2.50. The van der Waals surface area contributed by atoms with E-state index >= 15 is 0 Å². The second kappa shape index (κ2) is 4.70. The van der Waals surface area contributed by atoms with E-state index in [0.717, 1.165) is 0 Å². The van der Waals surface area contributed by atoms with E-state index in [-0.39, 0.29) is 5.88 Å². The number of halogens is 2. The summed E-state index contributed by atoms with van der Waals surface area (Å²) in [6.45, 7) is 0. The largest absolute Gasteiger partial charge is 0.495 e. The van der Waals surface area contributed by atoms with Gasteiger partial charge < -0.3 is 9.84 Å². The molecule has 72 valence electrons. The topological polar surface area (TPSA) is 29.5 Å². The van der Waals surface area contributed by atoms with Crippen molar-refractivity contribution in [2.45, 2.75) is 6.10 Å². The van der Waals surface area contributed by atoms with Crippen molar-refractivity contribution in [3.05, 3.63) is 28.8 Å². The highest BCUT2D eigenvalue weighted by Gasteiger charge is 2.08. The minimum Gasteiger partial charge on any atom is -0.495 e. The minimum atomic E-state index is -0.673. The number of aliphatic hydroxyl groups is 1. The molecule has 0 radical (unpaired) electrons. The first kappa shape index (κ1) is 10.6. The molecule has 0 aromatic heterocycles. The zero-order valence-corrected chi connectivity index (χ0v) is 8.64. The number of alkyl halides is 1. The number of hydrogen-bond acceptors (Lipinski definition) is 2. The first-order valence-corrected chi connectivity index (χ1v) is 4.67. The highest BCUT2D eigenvalue weighted by Crippen LogP contribution is 2.27. The van der Waals surface area contributed by atoms with Gasteiger partial charge in [0.2, 0.25) is 0 Å². The first-order chi connectivity index (χ1) is 6.19. The van der Waals surface area contributed by atoms with Crippen LogP contribution in [0.15, 0.2) is 18.2 Å². The van der Waals surface area contributed by atoms with Gasteiger partial charge in [-0.2, -0.15) is 0 Å². The number of benzene rings is 1. The molecule has 1 aromatic carbocycles. The van der Waals surface area contributed by atoms with Gasteiger partial charge in [0.15, 0.2) is 0 Å². The zero-order valence-electron chi connectivity index (χ0n) is 7.13. The molecule has 0 heterocycles. The van der Waals surface area contributed by atoms with E-state index < -0.39 is 6.10 Å². The molecule has 1 rings (SSSR count). The molecule has 0 spiro atoms. The predicted molar refractivity (Wildman–Crippen MR) is 53.7 cm³/mol. The van der Waals surface area contributed by atoms with Crippen molar-refractivity contribution in [3.8, 4) is 5.75 Å². The third-order valence-corrected chi connectivity index (χ3v) is 2.31. The molecule has 0 bridgehead atoms. The van der Waals surface area contributed by atoms with Gasteiger partial charge in [-0.25, -0.2) is 0 Å². The fourth-order valence-corrected chi connectivity index (χ4v) is 1.35. The number of hydrogen-bond donors (Lipinski definition) is 1. The summed E-state index contributed by atoms with van der Waals surface area (Å²) in [7, 11) is 1.53. The lowest BCUT2D eigenvalue weighted by molar-refractivity contribution is 0.202. The molecule has 1 N–H and O–H groups in total. The summed E-state index contributed by atoms with van der Waals surface area (Å²) in [4.78, 5) is 0. The lowest BCUT2D eigenvalue weighted by atomic mass is 10.1. The van der Waals surface area contributed by atoms with Crippen molar-refractivity contribution in [1.29, 1.82) is 0 Å². The molecule has 4 heteroatoms. The quantitative estimate of drug-likeness (QED) is 0.795. The van der Waals surface area contributed by atoms with Gasteiger partial charge in [-0.3, -0.25) is 0 Å². The predicted octanol–water partition coefficient (Wildman–Crippen LogP) is 2.62. The van der Waals surface area contributed by atoms with Crippen LogP contribution in [0.1, 0.15) is 11.7 Å². The molecule has 0 aliphatic heterocycles. The van der Waals surface area contributed by atoms with E-state index in [4.69, 9.17) is 27.9 Å². The smallest absolute Gasteiger partial charge is 0.137 e. The summed E-state index contributed by atoms with van der Waals surface area (Å²) in [5, 5.41) is 9.93. The molecule has 0 saturated carbocycles. The van der Waals surface area contributed by atoms with Crippen LogP contribution in [0.3, 0.4) is 0 Å². The van der Waals surface area contributed by atoms with Gasteiger partial charge in [0, 0.05) is 0 Å². The van der Waals surface area contributed by atoms with Crippen LogP contribution in [-0.4, -0.2) is 18.1 Å². The van der Waals surface area contributed by atoms with Gasteiger partial charge in [0.05, 0.1) is 24.1 Å². The van der Waals surface area contributed by atoms with Crippen molar-refractivity contribution >= 4 is 23.2 Å². The van der Waals surface area contributed by atoms with Gasteiger partial charge in [-0.15, -0.1) is 11.6 Å². The van der Waals surface area contributed by atoms with Gasteiger partial charge in [0.1, 0.15) is 5.75 Å². The maximum atomic E-state index is 9.41. The fraction of sp³-hybridized carbons (Fsp3) is 0.333. The summed E-state index contributed by atoms with van der Waals surface area (Å²) in [5.74, 6) is 0.702. The summed E-state index contributed by atoms with van der Waals surface area (Å²) in [6, 6.07) is 5.07. The Kier molecular flexibility index (Phi) is 3.85. The molecule has 0 aliphatic rings. The summed E-state index contributed by atoms with van der Waals surface area (Å²) in [5.41, 5.74) is 0.705. The average molecular weight is 221 g/mol. The highest BCUT2D eigenvalue weighted by molar-refractivity contribution is 6.32. The Morgan fingerprint density at radius 1 is 1.54 bits per heavy atom. The van der Waals surface area contributed by atoms with E-state index in [1.807, 2.05) is 0 Å². The Morgan fingerprint density at radius 2 is 2.23 bits per heavy atom. The summed E-state index contributed by atoms with van der Waals surface area (Å²) < 4.78 is 4.99. The molecule has 1 aromatic rings. The number of rotatable bonds is 3. The fourth-order valence-electron chi connectivity index (χ4n) is 0.973. The van der Waals surface area contributed by atoms with Gasteiger partial charge in [0.25, 0.3) is 0 Å². The van der Waals surface area contributed by atoms with Crippen molar-refractivity contribution in [1.82, 2.24) is 0 Å². The molecule has 1 unspecified atom stereocenters. The lowest BCUT2D eigenvalue weighted by Crippen LogP contribution is -1.98. The highest BCUT2D eigenvalue weighted by atomic mass is 35.5. The van der Waals surface area contributed by atoms with Gasteiger partial charge >= 0.3 is 0 Å². The van der Waals surface area contributed by atoms with E-state index in [9.17, 15) is 5.11 Å². The van der Waals surface area contributed by atoms with E-state index in [0.29, 0.717) is 16.3 Å². The van der Waals surface area contributed by atoms with Crippen LogP contribution in [0, 0.1) is 0 Å². The Morgan fingerprint density at radius 3 is 2.77 bits per heavy atom. The molecule has 2 nitrogen and oxygen atoms in total. The molecular weight excluding hydrogens is 211 g/mol. The van der Waals surface area contributed by atoms with Crippen molar-refractivity contribution in [2.24, 2.45) is 0 Å². The number of aliphatic hydroxyl groups excluding tert-OH is 1. The number of ether oxygens (including phenoxy) is 1. The van der Waals surface area contributed by atoms with Gasteiger partial charge in [-0.1, -0.05) is 17.7 Å². The van der Waals surface area contributed by atoms with Crippen molar-refractivity contribution in [2.75, 3.05) is 13.0 Å².